The van der Waals surface area contributed by atoms with Gasteiger partial charge in [0, 0.05) is 32.0 Å². The number of carbonyl (C=O) groups excluding carboxylic acids is 1. The number of amides is 1. The van der Waals surface area contributed by atoms with Gasteiger partial charge in [0.25, 0.3) is 0 Å². The normalized spacial score (nSPS) is 24.0. The van der Waals surface area contributed by atoms with Gasteiger partial charge in [0.2, 0.25) is 15.9 Å². The molecule has 2 fully saturated rings. The van der Waals surface area contributed by atoms with Gasteiger partial charge in [0.1, 0.15) is 4.90 Å². The van der Waals surface area contributed by atoms with Crippen molar-refractivity contribution in [1.82, 2.24) is 19.9 Å². The molecule has 3 rings (SSSR count). The first kappa shape index (κ1) is 21.4. The quantitative estimate of drug-likeness (QED) is 0.748. The predicted octanol–water partition coefficient (Wildman–Crippen LogP) is 1.43. The van der Waals surface area contributed by atoms with Crippen LogP contribution in [0.5, 0.6) is 0 Å². The molecular formula is C16H24Cl2N4O3S. The molecule has 26 heavy (non-hydrogen) atoms. The van der Waals surface area contributed by atoms with Crippen LogP contribution in [-0.4, -0.2) is 55.8 Å². The maximum absolute atomic E-state index is 12.8. The van der Waals surface area contributed by atoms with Crippen molar-refractivity contribution in [2.24, 2.45) is 5.92 Å². The highest BCUT2D eigenvalue weighted by atomic mass is 35.5. The molecule has 0 bridgehead atoms. The molecule has 2 aliphatic heterocycles. The van der Waals surface area contributed by atoms with Gasteiger partial charge in [-0.25, -0.2) is 8.42 Å². The number of piperidine rings is 1. The molecule has 1 aromatic heterocycles. The van der Waals surface area contributed by atoms with E-state index in [0.29, 0.717) is 24.7 Å². The second kappa shape index (κ2) is 9.32. The molecule has 0 spiro atoms. The molecule has 1 amide bonds. The molecule has 2 saturated heterocycles. The minimum absolute atomic E-state index is 0. The van der Waals surface area contributed by atoms with E-state index in [2.05, 4.69) is 15.6 Å². The highest BCUT2D eigenvalue weighted by Gasteiger charge is 2.31. The fourth-order valence-corrected chi connectivity index (χ4v) is 5.15. The number of rotatable bonds is 5. The lowest BCUT2D eigenvalue weighted by Gasteiger charge is -2.32. The largest absolute Gasteiger partial charge is 0.354 e. The summed E-state index contributed by atoms with van der Waals surface area (Å²) in [5.74, 6) is 0.123. The van der Waals surface area contributed by atoms with Gasteiger partial charge in [-0.2, -0.15) is 4.31 Å². The summed E-state index contributed by atoms with van der Waals surface area (Å²) < 4.78 is 27.0. The van der Waals surface area contributed by atoms with E-state index in [1.165, 1.54) is 22.8 Å². The lowest BCUT2D eigenvalue weighted by Crippen LogP contribution is -2.46. The summed E-state index contributed by atoms with van der Waals surface area (Å²) in [7, 11) is -3.61. The van der Waals surface area contributed by atoms with Crippen molar-refractivity contribution in [2.45, 2.75) is 36.6 Å². The number of hydrogen-bond donors (Lipinski definition) is 2. The first-order valence-corrected chi connectivity index (χ1v) is 10.4. The zero-order chi connectivity index (χ0) is 17.9. The Bertz CT molecular complexity index is 726. The SMILES string of the molecule is Cl.O=C(NCC1CCCN(S(=O)(=O)c2cncc(Cl)c2)C1)C1CCCN1. The van der Waals surface area contributed by atoms with Crippen LogP contribution < -0.4 is 10.6 Å². The van der Waals surface area contributed by atoms with Crippen LogP contribution in [0.3, 0.4) is 0 Å². The minimum Gasteiger partial charge on any atom is -0.354 e. The van der Waals surface area contributed by atoms with E-state index >= 15 is 0 Å². The standard InChI is InChI=1S/C16H23ClN4O3S.ClH/c17-13-7-14(10-18-9-13)25(23,24)21-6-2-3-12(11-21)8-20-16(22)15-4-1-5-19-15;/h7,9-10,12,15,19H,1-6,8,11H2,(H,20,22);1H. The lowest BCUT2D eigenvalue weighted by atomic mass is 9.99. The molecule has 2 atom stereocenters. The van der Waals surface area contributed by atoms with Crippen LogP contribution in [0.15, 0.2) is 23.4 Å². The maximum Gasteiger partial charge on any atom is 0.244 e. The Balaban J connectivity index is 0.00000243. The summed E-state index contributed by atoms with van der Waals surface area (Å²) in [6.07, 6.45) is 6.28. The van der Waals surface area contributed by atoms with Gasteiger partial charge in [0.05, 0.1) is 11.1 Å². The van der Waals surface area contributed by atoms with E-state index in [1.807, 2.05) is 0 Å². The molecule has 2 N–H and O–H groups in total. The number of halogens is 2. The topological polar surface area (TPSA) is 91.4 Å². The van der Waals surface area contributed by atoms with E-state index < -0.39 is 10.0 Å². The van der Waals surface area contributed by atoms with Crippen LogP contribution in [0.2, 0.25) is 5.02 Å². The van der Waals surface area contributed by atoms with Crippen LogP contribution in [0, 0.1) is 5.92 Å². The van der Waals surface area contributed by atoms with Gasteiger partial charge < -0.3 is 10.6 Å². The summed E-state index contributed by atoms with van der Waals surface area (Å²) >= 11 is 5.87. The summed E-state index contributed by atoms with van der Waals surface area (Å²) in [4.78, 5) is 16.1. The van der Waals surface area contributed by atoms with E-state index in [0.717, 1.165) is 32.2 Å². The number of pyridine rings is 1. The Morgan fingerprint density at radius 3 is 2.85 bits per heavy atom. The van der Waals surface area contributed by atoms with Gasteiger partial charge in [-0.15, -0.1) is 12.4 Å². The zero-order valence-corrected chi connectivity index (χ0v) is 16.7. The van der Waals surface area contributed by atoms with E-state index in [9.17, 15) is 13.2 Å². The van der Waals surface area contributed by atoms with Crippen molar-refractivity contribution in [3.63, 3.8) is 0 Å². The summed E-state index contributed by atoms with van der Waals surface area (Å²) in [5.41, 5.74) is 0. The maximum atomic E-state index is 12.8. The highest BCUT2D eigenvalue weighted by Crippen LogP contribution is 2.24. The van der Waals surface area contributed by atoms with Gasteiger partial charge in [0.15, 0.2) is 0 Å². The molecule has 7 nitrogen and oxygen atoms in total. The van der Waals surface area contributed by atoms with E-state index in [-0.39, 0.29) is 35.2 Å². The predicted molar refractivity (Wildman–Crippen MR) is 102 cm³/mol. The summed E-state index contributed by atoms with van der Waals surface area (Å²) in [5, 5.41) is 6.42. The smallest absolute Gasteiger partial charge is 0.244 e. The Kier molecular flexibility index (Phi) is 7.66. The molecule has 3 heterocycles. The van der Waals surface area contributed by atoms with Gasteiger partial charge in [-0.05, 0) is 44.2 Å². The second-order valence-corrected chi connectivity index (χ2v) is 8.98. The minimum atomic E-state index is -3.61. The fourth-order valence-electron chi connectivity index (χ4n) is 3.37. The van der Waals surface area contributed by atoms with E-state index in [4.69, 9.17) is 11.6 Å². The third-order valence-corrected chi connectivity index (χ3v) is 6.78. The summed E-state index contributed by atoms with van der Waals surface area (Å²) in [6.45, 7) is 2.24. The van der Waals surface area contributed by atoms with Crippen molar-refractivity contribution in [2.75, 3.05) is 26.2 Å². The Morgan fingerprint density at radius 1 is 1.35 bits per heavy atom. The van der Waals surface area contributed by atoms with Crippen molar-refractivity contribution in [3.05, 3.63) is 23.5 Å². The number of nitrogens with one attached hydrogen (secondary N) is 2. The Morgan fingerprint density at radius 2 is 2.15 bits per heavy atom. The van der Waals surface area contributed by atoms with Gasteiger partial charge in [-0.3, -0.25) is 9.78 Å². The van der Waals surface area contributed by atoms with Crippen molar-refractivity contribution in [1.29, 1.82) is 0 Å². The number of carbonyl (C=O) groups is 1. The second-order valence-electron chi connectivity index (χ2n) is 6.60. The number of aromatic nitrogens is 1. The fraction of sp³-hybridized carbons (Fsp3) is 0.625. The number of nitrogens with zero attached hydrogens (tertiary/aromatic N) is 2. The molecule has 0 radical (unpaired) electrons. The number of hydrogen-bond acceptors (Lipinski definition) is 5. The zero-order valence-electron chi connectivity index (χ0n) is 14.4. The lowest BCUT2D eigenvalue weighted by molar-refractivity contribution is -0.123. The van der Waals surface area contributed by atoms with Gasteiger partial charge >= 0.3 is 0 Å². The van der Waals surface area contributed by atoms with E-state index in [1.54, 1.807) is 0 Å². The first-order valence-electron chi connectivity index (χ1n) is 8.58. The monoisotopic (exact) mass is 422 g/mol. The van der Waals surface area contributed by atoms with Crippen LogP contribution in [0.1, 0.15) is 25.7 Å². The Hall–Kier alpha value is -0.930. The third-order valence-electron chi connectivity index (χ3n) is 4.74. The van der Waals surface area contributed by atoms with Crippen LogP contribution in [-0.2, 0) is 14.8 Å². The molecule has 0 saturated carbocycles. The average Bonchev–Trinajstić information content (AvgIpc) is 3.15. The molecule has 0 aromatic carbocycles. The molecular weight excluding hydrogens is 399 g/mol. The molecule has 10 heteroatoms. The molecule has 2 aliphatic rings. The van der Waals surface area contributed by atoms with Gasteiger partial charge in [-0.1, -0.05) is 11.6 Å². The van der Waals surface area contributed by atoms with Crippen LogP contribution >= 0.6 is 24.0 Å². The average molecular weight is 423 g/mol. The summed E-state index contributed by atoms with van der Waals surface area (Å²) in [6, 6.07) is 1.31. The highest BCUT2D eigenvalue weighted by molar-refractivity contribution is 7.89. The van der Waals surface area contributed by atoms with Crippen molar-refractivity contribution >= 4 is 39.9 Å². The van der Waals surface area contributed by atoms with Crippen molar-refractivity contribution in [3.8, 4) is 0 Å². The molecule has 0 aliphatic carbocycles. The molecule has 2 unspecified atom stereocenters. The number of sulfonamides is 1. The molecule has 1 aromatic rings. The molecule has 146 valence electrons. The first-order chi connectivity index (χ1) is 12.0. The van der Waals surface area contributed by atoms with Crippen molar-refractivity contribution < 1.29 is 13.2 Å². The van der Waals surface area contributed by atoms with Crippen LogP contribution in [0.4, 0.5) is 0 Å². The van der Waals surface area contributed by atoms with Crippen LogP contribution in [0.25, 0.3) is 0 Å². The Labute approximate surface area is 165 Å². The third kappa shape index (κ3) is 5.07.